The third kappa shape index (κ3) is 2.51. The van der Waals surface area contributed by atoms with Crippen LogP contribution in [0.15, 0.2) is 36.4 Å². The molecule has 4 heteroatoms. The number of rotatable bonds is 5. The fourth-order valence-electron chi connectivity index (χ4n) is 3.10. The molecule has 1 aromatic heterocycles. The van der Waals surface area contributed by atoms with E-state index in [-0.39, 0.29) is 5.41 Å². The number of anilines is 1. The molecule has 3 N–H and O–H groups in total. The van der Waals surface area contributed by atoms with Crippen LogP contribution in [0.5, 0.6) is 0 Å². The molecule has 1 aliphatic rings. The fourth-order valence-corrected chi connectivity index (χ4v) is 3.10. The molecule has 0 radical (unpaired) electrons. The Balaban J connectivity index is 2.06. The number of nitrogens with two attached hydrogens (primary N) is 1. The van der Waals surface area contributed by atoms with E-state index in [1.807, 2.05) is 6.07 Å². The first kappa shape index (κ1) is 14.0. The monoisotopic (exact) mass is 282 g/mol. The minimum atomic E-state index is -0.0311. The minimum Gasteiger partial charge on any atom is -0.308 e. The highest BCUT2D eigenvalue weighted by molar-refractivity contribution is 5.41. The van der Waals surface area contributed by atoms with Gasteiger partial charge in [0.15, 0.2) is 0 Å². The van der Waals surface area contributed by atoms with Gasteiger partial charge in [-0.2, -0.15) is 0 Å². The summed E-state index contributed by atoms with van der Waals surface area (Å²) < 4.78 is 0. The summed E-state index contributed by atoms with van der Waals surface area (Å²) in [4.78, 5) is 9.49. The van der Waals surface area contributed by atoms with Crippen molar-refractivity contribution in [1.82, 2.24) is 9.97 Å². The summed E-state index contributed by atoms with van der Waals surface area (Å²) in [5.74, 6) is 7.21. The van der Waals surface area contributed by atoms with Gasteiger partial charge in [0.2, 0.25) is 0 Å². The van der Waals surface area contributed by atoms with Gasteiger partial charge in [0.25, 0.3) is 0 Å². The zero-order valence-electron chi connectivity index (χ0n) is 12.5. The van der Waals surface area contributed by atoms with Gasteiger partial charge in [0.05, 0.1) is 5.41 Å². The number of hydrazine groups is 1. The largest absolute Gasteiger partial charge is 0.308 e. The molecule has 0 saturated heterocycles. The highest BCUT2D eigenvalue weighted by Crippen LogP contribution is 2.47. The highest BCUT2D eigenvalue weighted by atomic mass is 15.3. The van der Waals surface area contributed by atoms with Crippen LogP contribution in [0.1, 0.15) is 49.7 Å². The molecule has 0 spiro atoms. The second kappa shape index (κ2) is 5.82. The number of nitrogens with one attached hydrogen (secondary N) is 1. The van der Waals surface area contributed by atoms with Crippen LogP contribution in [-0.2, 0) is 11.8 Å². The number of nitrogen functional groups attached to an aromatic ring is 1. The molecule has 0 aliphatic heterocycles. The standard InChI is InChI=1S/C17H22N4/c1-2-7-14-12-15(21-18)20-16(19-14)17(10-6-11-17)13-8-4-3-5-9-13/h3-5,8-9,12H,2,6-7,10-11,18H2,1H3,(H,19,20,21). The smallest absolute Gasteiger partial charge is 0.143 e. The van der Waals surface area contributed by atoms with Crippen molar-refractivity contribution < 1.29 is 0 Å². The molecular weight excluding hydrogens is 260 g/mol. The molecule has 2 aromatic rings. The Bertz CT molecular complexity index is 605. The van der Waals surface area contributed by atoms with Crippen molar-refractivity contribution >= 4 is 5.82 Å². The first-order chi connectivity index (χ1) is 10.3. The maximum absolute atomic E-state index is 5.58. The maximum atomic E-state index is 5.58. The van der Waals surface area contributed by atoms with Crippen LogP contribution in [-0.4, -0.2) is 9.97 Å². The molecule has 3 rings (SSSR count). The molecule has 1 fully saturated rings. The van der Waals surface area contributed by atoms with Crippen LogP contribution in [0.3, 0.4) is 0 Å². The molecule has 110 valence electrons. The molecule has 1 saturated carbocycles. The summed E-state index contributed by atoms with van der Waals surface area (Å²) in [6, 6.07) is 12.6. The fraction of sp³-hybridized carbons (Fsp3) is 0.412. The molecule has 1 aliphatic carbocycles. The van der Waals surface area contributed by atoms with E-state index in [0.717, 1.165) is 37.2 Å². The molecule has 4 nitrogen and oxygen atoms in total. The van der Waals surface area contributed by atoms with Crippen molar-refractivity contribution in [1.29, 1.82) is 0 Å². The highest BCUT2D eigenvalue weighted by Gasteiger charge is 2.43. The van der Waals surface area contributed by atoms with Gasteiger partial charge < -0.3 is 5.43 Å². The second-order valence-corrected chi connectivity index (χ2v) is 5.76. The first-order valence-electron chi connectivity index (χ1n) is 7.69. The summed E-state index contributed by atoms with van der Waals surface area (Å²) in [7, 11) is 0. The van der Waals surface area contributed by atoms with Crippen molar-refractivity contribution in [3.63, 3.8) is 0 Å². The van der Waals surface area contributed by atoms with Crippen molar-refractivity contribution in [2.24, 2.45) is 5.84 Å². The van der Waals surface area contributed by atoms with E-state index in [9.17, 15) is 0 Å². The van der Waals surface area contributed by atoms with Crippen LogP contribution in [0.4, 0.5) is 5.82 Å². The Morgan fingerprint density at radius 3 is 2.52 bits per heavy atom. The minimum absolute atomic E-state index is 0.0311. The molecule has 0 atom stereocenters. The number of hydrogen-bond donors (Lipinski definition) is 2. The van der Waals surface area contributed by atoms with E-state index in [1.54, 1.807) is 0 Å². The second-order valence-electron chi connectivity index (χ2n) is 5.76. The van der Waals surface area contributed by atoms with Gasteiger partial charge in [-0.1, -0.05) is 50.1 Å². The quantitative estimate of drug-likeness (QED) is 0.653. The topological polar surface area (TPSA) is 63.8 Å². The number of benzene rings is 1. The van der Waals surface area contributed by atoms with Gasteiger partial charge in [-0.15, -0.1) is 0 Å². The summed E-state index contributed by atoms with van der Waals surface area (Å²) >= 11 is 0. The third-order valence-electron chi connectivity index (χ3n) is 4.39. The van der Waals surface area contributed by atoms with Gasteiger partial charge in [-0.05, 0) is 24.8 Å². The molecule has 0 bridgehead atoms. The van der Waals surface area contributed by atoms with E-state index in [1.165, 1.54) is 12.0 Å². The van der Waals surface area contributed by atoms with E-state index < -0.39 is 0 Å². The lowest BCUT2D eigenvalue weighted by Crippen LogP contribution is -2.38. The Labute approximate surface area is 125 Å². The molecule has 0 unspecified atom stereocenters. The van der Waals surface area contributed by atoms with E-state index in [2.05, 4.69) is 47.7 Å². The zero-order chi connectivity index (χ0) is 14.7. The van der Waals surface area contributed by atoms with Crippen LogP contribution in [0.2, 0.25) is 0 Å². The number of aromatic nitrogens is 2. The Hall–Kier alpha value is -1.94. The summed E-state index contributed by atoms with van der Waals surface area (Å²) in [5.41, 5.74) is 5.04. The lowest BCUT2D eigenvalue weighted by Gasteiger charge is -2.41. The number of nitrogens with zero attached hydrogens (tertiary/aromatic N) is 2. The number of hydrogen-bond acceptors (Lipinski definition) is 4. The van der Waals surface area contributed by atoms with Crippen LogP contribution >= 0.6 is 0 Å². The van der Waals surface area contributed by atoms with Crippen LogP contribution in [0.25, 0.3) is 0 Å². The average molecular weight is 282 g/mol. The van der Waals surface area contributed by atoms with E-state index in [0.29, 0.717) is 5.82 Å². The SMILES string of the molecule is CCCc1cc(NN)nc(C2(c3ccccc3)CCC2)n1. The summed E-state index contributed by atoms with van der Waals surface area (Å²) in [6.07, 6.45) is 5.46. The van der Waals surface area contributed by atoms with Crippen molar-refractivity contribution in [2.75, 3.05) is 5.43 Å². The molecule has 21 heavy (non-hydrogen) atoms. The van der Waals surface area contributed by atoms with Gasteiger partial charge >= 0.3 is 0 Å². The van der Waals surface area contributed by atoms with Crippen molar-refractivity contribution in [3.05, 3.63) is 53.5 Å². The first-order valence-corrected chi connectivity index (χ1v) is 7.69. The van der Waals surface area contributed by atoms with Gasteiger partial charge in [-0.3, -0.25) is 0 Å². The lowest BCUT2D eigenvalue weighted by molar-refractivity contribution is 0.284. The summed E-state index contributed by atoms with van der Waals surface area (Å²) in [6.45, 7) is 2.16. The van der Waals surface area contributed by atoms with Gasteiger partial charge in [0, 0.05) is 11.8 Å². The Morgan fingerprint density at radius 1 is 1.19 bits per heavy atom. The predicted octanol–water partition coefficient (Wildman–Crippen LogP) is 3.18. The number of aryl methyl sites for hydroxylation is 1. The average Bonchev–Trinajstić information content (AvgIpc) is 2.47. The van der Waals surface area contributed by atoms with Gasteiger partial charge in [0.1, 0.15) is 11.6 Å². The molecule has 1 heterocycles. The molecule has 0 amide bonds. The zero-order valence-corrected chi connectivity index (χ0v) is 12.5. The van der Waals surface area contributed by atoms with Crippen molar-refractivity contribution in [3.8, 4) is 0 Å². The van der Waals surface area contributed by atoms with Crippen LogP contribution < -0.4 is 11.3 Å². The Morgan fingerprint density at radius 2 is 1.95 bits per heavy atom. The van der Waals surface area contributed by atoms with Crippen LogP contribution in [0, 0.1) is 0 Å². The Kier molecular flexibility index (Phi) is 3.88. The normalized spacial score (nSPS) is 16.3. The maximum Gasteiger partial charge on any atom is 0.143 e. The predicted molar refractivity (Wildman–Crippen MR) is 84.9 cm³/mol. The van der Waals surface area contributed by atoms with E-state index >= 15 is 0 Å². The van der Waals surface area contributed by atoms with E-state index in [4.69, 9.17) is 10.8 Å². The molecular formula is C17H22N4. The van der Waals surface area contributed by atoms with Gasteiger partial charge in [-0.25, -0.2) is 15.8 Å². The molecule has 1 aromatic carbocycles. The lowest BCUT2D eigenvalue weighted by atomic mass is 9.64. The summed E-state index contributed by atoms with van der Waals surface area (Å²) in [5, 5.41) is 0. The third-order valence-corrected chi connectivity index (χ3v) is 4.39. The van der Waals surface area contributed by atoms with Crippen molar-refractivity contribution in [2.45, 2.75) is 44.4 Å².